The number of nitrogens with zero attached hydrogens (tertiary/aromatic N) is 6. The van der Waals surface area contributed by atoms with E-state index in [2.05, 4.69) is 18.7 Å². The highest BCUT2D eigenvalue weighted by molar-refractivity contribution is 6.34. The van der Waals surface area contributed by atoms with E-state index in [0.29, 0.717) is 45.6 Å². The summed E-state index contributed by atoms with van der Waals surface area (Å²) < 4.78 is 1.63. The van der Waals surface area contributed by atoms with Crippen LogP contribution in [-0.2, 0) is 9.59 Å². The van der Waals surface area contributed by atoms with E-state index in [4.69, 9.17) is 21.6 Å². The van der Waals surface area contributed by atoms with E-state index in [-0.39, 0.29) is 41.6 Å². The van der Waals surface area contributed by atoms with Gasteiger partial charge in [0.05, 0.1) is 34.3 Å². The number of fused-ring (bicyclic) bond motifs is 5. The SMILES string of the molecule is C=CC(=O)N1C[C@@H]2C(=O)N(C)c3c(c4cc(Cl)c(-c5cccc(C6CC6)c5)nc4n(-c4c(C)ccnc4C(C)C)c3=O)N2C[C@H]1C. The predicted octanol–water partition coefficient (Wildman–Crippen LogP) is 5.98. The molecule has 0 N–H and O–H groups in total. The van der Waals surface area contributed by atoms with Gasteiger partial charge in [-0.05, 0) is 73.9 Å². The zero-order valence-electron chi connectivity index (χ0n) is 26.7. The molecule has 0 unspecified atom stereocenters. The first-order chi connectivity index (χ1) is 22.0. The highest BCUT2D eigenvalue weighted by Gasteiger charge is 2.46. The molecular formula is C36H37ClN6O3. The van der Waals surface area contributed by atoms with Crippen molar-refractivity contribution in [3.05, 3.63) is 87.4 Å². The minimum atomic E-state index is -0.684. The fourth-order valence-corrected chi connectivity index (χ4v) is 7.35. The molecular weight excluding hydrogens is 600 g/mol. The van der Waals surface area contributed by atoms with Gasteiger partial charge in [-0.3, -0.25) is 23.9 Å². The Hall–Kier alpha value is -4.50. The Morgan fingerprint density at radius 1 is 1.09 bits per heavy atom. The van der Waals surface area contributed by atoms with Gasteiger partial charge in [-0.25, -0.2) is 4.98 Å². The Morgan fingerprint density at radius 2 is 1.85 bits per heavy atom. The zero-order chi connectivity index (χ0) is 32.6. The molecule has 236 valence electrons. The largest absolute Gasteiger partial charge is 0.354 e. The minimum absolute atomic E-state index is 0.00921. The fraction of sp³-hybridized carbons (Fsp3) is 0.361. The Morgan fingerprint density at radius 3 is 2.54 bits per heavy atom. The summed E-state index contributed by atoms with van der Waals surface area (Å²) in [6.07, 6.45) is 5.37. The molecule has 7 rings (SSSR count). The number of carbonyl (C=O) groups is 2. The number of hydrogen-bond donors (Lipinski definition) is 0. The molecule has 10 heteroatoms. The molecule has 1 aromatic carbocycles. The zero-order valence-corrected chi connectivity index (χ0v) is 27.5. The molecule has 46 heavy (non-hydrogen) atoms. The summed E-state index contributed by atoms with van der Waals surface area (Å²) in [4.78, 5) is 56.6. The summed E-state index contributed by atoms with van der Waals surface area (Å²) in [6, 6.07) is 11.2. The summed E-state index contributed by atoms with van der Waals surface area (Å²) in [5.74, 6) is 0.0677. The summed E-state index contributed by atoms with van der Waals surface area (Å²) in [5, 5.41) is 1.10. The van der Waals surface area contributed by atoms with Crippen LogP contribution < -0.4 is 15.4 Å². The topological polar surface area (TPSA) is 91.6 Å². The van der Waals surface area contributed by atoms with Gasteiger partial charge in [-0.1, -0.05) is 50.2 Å². The summed E-state index contributed by atoms with van der Waals surface area (Å²) in [5.41, 5.74) is 5.93. The number of benzene rings is 1. The van der Waals surface area contributed by atoms with Crippen molar-refractivity contribution >= 4 is 45.8 Å². The number of piperazine rings is 1. The molecule has 5 heterocycles. The maximum atomic E-state index is 14.9. The van der Waals surface area contributed by atoms with Crippen molar-refractivity contribution in [1.82, 2.24) is 19.4 Å². The van der Waals surface area contributed by atoms with Gasteiger partial charge in [0.15, 0.2) is 0 Å². The first-order valence-electron chi connectivity index (χ1n) is 15.8. The van der Waals surface area contributed by atoms with Crippen LogP contribution in [0.15, 0.2) is 60.0 Å². The lowest BCUT2D eigenvalue weighted by Crippen LogP contribution is -2.66. The second-order valence-corrected chi connectivity index (χ2v) is 13.5. The van der Waals surface area contributed by atoms with Crippen LogP contribution in [0.4, 0.5) is 11.4 Å². The van der Waals surface area contributed by atoms with E-state index in [9.17, 15) is 14.4 Å². The van der Waals surface area contributed by atoms with Crippen LogP contribution in [0.1, 0.15) is 62.3 Å². The lowest BCUT2D eigenvalue weighted by atomic mass is 9.98. The van der Waals surface area contributed by atoms with Crippen LogP contribution in [0.25, 0.3) is 28.0 Å². The molecule has 3 aromatic heterocycles. The maximum Gasteiger partial charge on any atom is 0.283 e. The number of amides is 2. The quantitative estimate of drug-likeness (QED) is 0.250. The van der Waals surface area contributed by atoms with Crippen LogP contribution in [0.3, 0.4) is 0 Å². The Labute approximate surface area is 273 Å². The standard InChI is InChI=1S/C36H37ClN6O3/c1-7-28(44)41-18-27-35(45)40(6)33-32(42(27)17-21(41)5)25-16-26(37)30(24-10-8-9-23(15-24)22-11-12-22)39-34(25)43(36(33)46)31-20(4)13-14-38-29(31)19(2)3/h7-10,13-16,19,21-22,27H,1,11-12,17-18H2,2-6H3/t21-,27-/m1/s1. The Bertz CT molecular complexity index is 2020. The van der Waals surface area contributed by atoms with E-state index < -0.39 is 6.04 Å². The van der Waals surface area contributed by atoms with Crippen LogP contribution in [0.2, 0.25) is 5.02 Å². The number of carbonyl (C=O) groups excluding carboxylic acids is 2. The number of hydrogen-bond acceptors (Lipinski definition) is 6. The summed E-state index contributed by atoms with van der Waals surface area (Å²) in [6.45, 7) is 12.2. The summed E-state index contributed by atoms with van der Waals surface area (Å²) >= 11 is 7.11. The minimum Gasteiger partial charge on any atom is -0.354 e. The molecule has 1 aliphatic carbocycles. The maximum absolute atomic E-state index is 14.9. The van der Waals surface area contributed by atoms with Crippen molar-refractivity contribution in [1.29, 1.82) is 0 Å². The molecule has 1 saturated heterocycles. The fourth-order valence-electron chi connectivity index (χ4n) is 7.09. The lowest BCUT2D eigenvalue weighted by molar-refractivity contribution is -0.130. The number of halogens is 1. The monoisotopic (exact) mass is 636 g/mol. The Balaban J connectivity index is 1.56. The van der Waals surface area contributed by atoms with E-state index in [1.54, 1.807) is 22.7 Å². The molecule has 1 saturated carbocycles. The summed E-state index contributed by atoms with van der Waals surface area (Å²) in [7, 11) is 1.63. The third-order valence-corrected chi connectivity index (χ3v) is 9.91. The van der Waals surface area contributed by atoms with Crippen LogP contribution >= 0.6 is 11.6 Å². The van der Waals surface area contributed by atoms with Crippen molar-refractivity contribution in [2.75, 3.05) is 29.9 Å². The number of aromatic nitrogens is 3. The smallest absolute Gasteiger partial charge is 0.283 e. The van der Waals surface area contributed by atoms with E-state index in [1.165, 1.54) is 29.4 Å². The third kappa shape index (κ3) is 4.63. The van der Waals surface area contributed by atoms with Gasteiger partial charge in [0.25, 0.3) is 11.5 Å². The van der Waals surface area contributed by atoms with Crippen LogP contribution in [0.5, 0.6) is 0 Å². The molecule has 0 radical (unpaired) electrons. The van der Waals surface area contributed by atoms with Gasteiger partial charge in [-0.15, -0.1) is 0 Å². The van der Waals surface area contributed by atoms with Gasteiger partial charge < -0.3 is 14.7 Å². The number of rotatable bonds is 5. The number of pyridine rings is 3. The third-order valence-electron chi connectivity index (χ3n) is 9.62. The van der Waals surface area contributed by atoms with Gasteiger partial charge in [0.2, 0.25) is 5.91 Å². The first-order valence-corrected chi connectivity index (χ1v) is 16.2. The molecule has 4 aromatic rings. The lowest BCUT2D eigenvalue weighted by Gasteiger charge is -2.49. The second kappa shape index (κ2) is 11.1. The van der Waals surface area contributed by atoms with Crippen molar-refractivity contribution < 1.29 is 9.59 Å². The number of anilines is 2. The van der Waals surface area contributed by atoms with Gasteiger partial charge in [-0.2, -0.15) is 0 Å². The second-order valence-electron chi connectivity index (χ2n) is 13.1. The molecule has 2 fully saturated rings. The first kappa shape index (κ1) is 30.2. The Kier molecular flexibility index (Phi) is 7.27. The highest BCUT2D eigenvalue weighted by atomic mass is 35.5. The van der Waals surface area contributed by atoms with Gasteiger partial charge >= 0.3 is 0 Å². The van der Waals surface area contributed by atoms with Crippen molar-refractivity contribution in [2.45, 2.75) is 64.5 Å². The van der Waals surface area contributed by atoms with Gasteiger partial charge in [0.1, 0.15) is 17.4 Å². The van der Waals surface area contributed by atoms with E-state index in [0.717, 1.165) is 16.8 Å². The average Bonchev–Trinajstić information content (AvgIpc) is 3.89. The molecule has 2 aliphatic heterocycles. The van der Waals surface area contributed by atoms with Crippen molar-refractivity contribution in [3.8, 4) is 16.9 Å². The molecule has 3 aliphatic rings. The highest BCUT2D eigenvalue weighted by Crippen LogP contribution is 2.45. The van der Waals surface area contributed by atoms with E-state index >= 15 is 0 Å². The van der Waals surface area contributed by atoms with E-state index in [1.807, 2.05) is 56.9 Å². The van der Waals surface area contributed by atoms with Crippen molar-refractivity contribution in [3.63, 3.8) is 0 Å². The number of aryl methyl sites for hydroxylation is 1. The predicted molar refractivity (Wildman–Crippen MR) is 182 cm³/mol. The molecule has 2 amide bonds. The van der Waals surface area contributed by atoms with Gasteiger partial charge in [0, 0.05) is 36.8 Å². The molecule has 2 atom stereocenters. The molecule has 0 bridgehead atoms. The van der Waals surface area contributed by atoms with Crippen LogP contribution in [-0.4, -0.2) is 63.5 Å². The molecule has 0 spiro atoms. The average molecular weight is 637 g/mol. The molecule has 9 nitrogen and oxygen atoms in total. The number of likely N-dealkylation sites (N-methyl/N-ethyl adjacent to an activating group) is 1. The van der Waals surface area contributed by atoms with Crippen molar-refractivity contribution in [2.24, 2.45) is 0 Å². The van der Waals surface area contributed by atoms with Crippen LogP contribution in [0, 0.1) is 6.92 Å². The normalized spacial score (nSPS) is 19.5.